The van der Waals surface area contributed by atoms with Gasteiger partial charge >= 0.3 is 0 Å². The summed E-state index contributed by atoms with van der Waals surface area (Å²) in [5.74, 6) is 0.142. The van der Waals surface area contributed by atoms with Crippen LogP contribution in [-0.4, -0.2) is 11.1 Å². The van der Waals surface area contributed by atoms with Gasteiger partial charge in [-0.25, -0.2) is 0 Å². The van der Waals surface area contributed by atoms with Crippen LogP contribution in [0.5, 0.6) is 5.75 Å². The van der Waals surface area contributed by atoms with Crippen molar-refractivity contribution in [2.75, 3.05) is 5.32 Å². The van der Waals surface area contributed by atoms with Gasteiger partial charge in [0.15, 0.2) is 0 Å². The Kier molecular flexibility index (Phi) is 2.82. The topological polar surface area (TPSA) is 32.3 Å². The molecule has 2 rings (SSSR count). The average molecular weight is 212 g/mol. The van der Waals surface area contributed by atoms with Gasteiger partial charge in [-0.1, -0.05) is 24.4 Å². The molecule has 1 aliphatic carbocycles. The van der Waals surface area contributed by atoms with E-state index in [0.717, 1.165) is 5.69 Å². The van der Waals surface area contributed by atoms with Gasteiger partial charge in [0.2, 0.25) is 0 Å². The second kappa shape index (κ2) is 4.09. The Morgan fingerprint density at radius 3 is 2.64 bits per heavy atom. The third-order valence-electron chi connectivity index (χ3n) is 2.67. The van der Waals surface area contributed by atoms with E-state index in [0.29, 0.717) is 11.1 Å². The van der Waals surface area contributed by atoms with Gasteiger partial charge in [0, 0.05) is 11.7 Å². The second-order valence-corrected chi connectivity index (χ2v) is 4.20. The van der Waals surface area contributed by atoms with Crippen molar-refractivity contribution in [1.82, 2.24) is 0 Å². The van der Waals surface area contributed by atoms with E-state index < -0.39 is 0 Å². The molecule has 0 amide bonds. The van der Waals surface area contributed by atoms with E-state index in [1.807, 2.05) is 6.07 Å². The summed E-state index contributed by atoms with van der Waals surface area (Å²) in [6.45, 7) is 0. The maximum absolute atomic E-state index is 9.24. The first-order valence-electron chi connectivity index (χ1n) is 5.01. The van der Waals surface area contributed by atoms with Gasteiger partial charge in [-0.15, -0.1) is 0 Å². The van der Waals surface area contributed by atoms with Crippen molar-refractivity contribution >= 4 is 17.3 Å². The average Bonchev–Trinajstić information content (AvgIpc) is 2.64. The first kappa shape index (κ1) is 9.66. The summed E-state index contributed by atoms with van der Waals surface area (Å²) in [7, 11) is 0. The number of halogens is 1. The maximum Gasteiger partial charge on any atom is 0.134 e. The minimum atomic E-state index is 0.142. The first-order chi connectivity index (χ1) is 6.75. The summed E-state index contributed by atoms with van der Waals surface area (Å²) in [6, 6.07) is 5.84. The summed E-state index contributed by atoms with van der Waals surface area (Å²) in [6.07, 6.45) is 5.09. The molecule has 0 bridgehead atoms. The number of aromatic hydroxyl groups is 1. The molecule has 0 atom stereocenters. The van der Waals surface area contributed by atoms with E-state index in [2.05, 4.69) is 5.32 Å². The lowest BCUT2D eigenvalue weighted by Gasteiger charge is -2.13. The molecule has 0 spiro atoms. The van der Waals surface area contributed by atoms with Crippen LogP contribution in [0.2, 0.25) is 5.02 Å². The van der Waals surface area contributed by atoms with Crippen LogP contribution in [-0.2, 0) is 0 Å². The van der Waals surface area contributed by atoms with Crippen molar-refractivity contribution in [3.05, 3.63) is 23.2 Å². The van der Waals surface area contributed by atoms with E-state index in [4.69, 9.17) is 11.6 Å². The molecule has 2 N–H and O–H groups in total. The molecule has 1 aliphatic rings. The van der Waals surface area contributed by atoms with Crippen molar-refractivity contribution in [1.29, 1.82) is 0 Å². The molecule has 3 heteroatoms. The fourth-order valence-corrected chi connectivity index (χ4v) is 2.08. The zero-order valence-corrected chi connectivity index (χ0v) is 8.72. The van der Waals surface area contributed by atoms with Crippen LogP contribution in [0.25, 0.3) is 0 Å². The number of benzene rings is 1. The minimum Gasteiger partial charge on any atom is -0.506 e. The zero-order valence-electron chi connectivity index (χ0n) is 7.96. The molecule has 2 nitrogen and oxygen atoms in total. The molecule has 76 valence electrons. The maximum atomic E-state index is 9.24. The lowest BCUT2D eigenvalue weighted by atomic mass is 10.2. The van der Waals surface area contributed by atoms with Crippen molar-refractivity contribution in [3.63, 3.8) is 0 Å². The smallest absolute Gasteiger partial charge is 0.134 e. The third kappa shape index (κ3) is 2.13. The van der Waals surface area contributed by atoms with Crippen LogP contribution in [0.15, 0.2) is 18.2 Å². The molecule has 14 heavy (non-hydrogen) atoms. The van der Waals surface area contributed by atoms with Gasteiger partial charge in [-0.05, 0) is 31.0 Å². The molecule has 0 radical (unpaired) electrons. The van der Waals surface area contributed by atoms with Gasteiger partial charge in [0.1, 0.15) is 5.75 Å². The van der Waals surface area contributed by atoms with Crippen LogP contribution in [0.3, 0.4) is 0 Å². The molecule has 1 aromatic rings. The Balaban J connectivity index is 2.05. The predicted octanol–water partition coefficient (Wildman–Crippen LogP) is 3.40. The third-order valence-corrected chi connectivity index (χ3v) is 2.98. The highest BCUT2D eigenvalue weighted by Gasteiger charge is 2.14. The fourth-order valence-electron chi connectivity index (χ4n) is 1.90. The molecule has 0 unspecified atom stereocenters. The van der Waals surface area contributed by atoms with Gasteiger partial charge in [0.05, 0.1) is 5.02 Å². The largest absolute Gasteiger partial charge is 0.506 e. The van der Waals surface area contributed by atoms with E-state index in [9.17, 15) is 5.11 Å². The number of hydrogen-bond acceptors (Lipinski definition) is 2. The fraction of sp³-hybridized carbons (Fsp3) is 0.455. The normalized spacial score (nSPS) is 17.2. The number of rotatable bonds is 2. The summed E-state index contributed by atoms with van der Waals surface area (Å²) >= 11 is 5.81. The summed E-state index contributed by atoms with van der Waals surface area (Å²) in [4.78, 5) is 0. The van der Waals surface area contributed by atoms with Crippen LogP contribution in [0, 0.1) is 0 Å². The number of hydrogen-bond donors (Lipinski definition) is 2. The van der Waals surface area contributed by atoms with Gasteiger partial charge in [-0.2, -0.15) is 0 Å². The Morgan fingerprint density at radius 1 is 1.29 bits per heavy atom. The number of phenols is 1. The molecule has 0 aromatic heterocycles. The van der Waals surface area contributed by atoms with Crippen molar-refractivity contribution < 1.29 is 5.11 Å². The lowest BCUT2D eigenvalue weighted by Crippen LogP contribution is -2.14. The number of nitrogens with one attached hydrogen (secondary N) is 1. The second-order valence-electron chi connectivity index (χ2n) is 3.79. The summed E-state index contributed by atoms with van der Waals surface area (Å²) in [5, 5.41) is 13.1. The van der Waals surface area contributed by atoms with E-state index in [-0.39, 0.29) is 5.75 Å². The Hall–Kier alpha value is -0.890. The molecule has 1 aromatic carbocycles. The Bertz CT molecular complexity index is 321. The standard InChI is InChI=1S/C11H14ClNO/c12-10-7-9(5-6-11(10)14)13-8-3-1-2-4-8/h5-8,13-14H,1-4H2. The lowest BCUT2D eigenvalue weighted by molar-refractivity contribution is 0.475. The predicted molar refractivity (Wildman–Crippen MR) is 59.0 cm³/mol. The van der Waals surface area contributed by atoms with Crippen molar-refractivity contribution in [2.24, 2.45) is 0 Å². The van der Waals surface area contributed by atoms with Crippen LogP contribution < -0.4 is 5.32 Å². The van der Waals surface area contributed by atoms with Gasteiger partial charge in [0.25, 0.3) is 0 Å². The monoisotopic (exact) mass is 211 g/mol. The molecule has 1 fully saturated rings. The van der Waals surface area contributed by atoms with Gasteiger partial charge in [-0.3, -0.25) is 0 Å². The van der Waals surface area contributed by atoms with E-state index >= 15 is 0 Å². The molecule has 0 aliphatic heterocycles. The molecular weight excluding hydrogens is 198 g/mol. The SMILES string of the molecule is Oc1ccc(NC2CCCC2)cc1Cl. The summed E-state index contributed by atoms with van der Waals surface area (Å²) < 4.78 is 0. The highest BCUT2D eigenvalue weighted by Crippen LogP contribution is 2.28. The Labute approximate surface area is 88.9 Å². The van der Waals surface area contributed by atoms with Crippen LogP contribution >= 0.6 is 11.6 Å². The number of anilines is 1. The molecular formula is C11H14ClNO. The Morgan fingerprint density at radius 2 is 2.00 bits per heavy atom. The molecule has 1 saturated carbocycles. The van der Waals surface area contributed by atoms with Crippen molar-refractivity contribution in [3.8, 4) is 5.75 Å². The van der Waals surface area contributed by atoms with Crippen LogP contribution in [0.1, 0.15) is 25.7 Å². The number of phenolic OH excluding ortho intramolecular Hbond substituents is 1. The van der Waals surface area contributed by atoms with Gasteiger partial charge < -0.3 is 10.4 Å². The zero-order chi connectivity index (χ0) is 9.97. The molecule has 0 heterocycles. The highest BCUT2D eigenvalue weighted by atomic mass is 35.5. The highest BCUT2D eigenvalue weighted by molar-refractivity contribution is 6.32. The minimum absolute atomic E-state index is 0.142. The summed E-state index contributed by atoms with van der Waals surface area (Å²) in [5.41, 5.74) is 1.000. The first-order valence-corrected chi connectivity index (χ1v) is 5.38. The van der Waals surface area contributed by atoms with Crippen LogP contribution in [0.4, 0.5) is 5.69 Å². The quantitative estimate of drug-likeness (QED) is 0.735. The van der Waals surface area contributed by atoms with Crippen molar-refractivity contribution in [2.45, 2.75) is 31.7 Å². The van der Waals surface area contributed by atoms with E-state index in [1.54, 1.807) is 12.1 Å². The van der Waals surface area contributed by atoms with E-state index in [1.165, 1.54) is 25.7 Å². The molecule has 0 saturated heterocycles.